The summed E-state index contributed by atoms with van der Waals surface area (Å²) >= 11 is 0. The molecule has 2 unspecified atom stereocenters. The summed E-state index contributed by atoms with van der Waals surface area (Å²) < 4.78 is 10.3. The minimum absolute atomic E-state index is 0.0642. The van der Waals surface area contributed by atoms with Crippen LogP contribution in [0.1, 0.15) is 18.1 Å². The van der Waals surface area contributed by atoms with Crippen molar-refractivity contribution in [2.24, 2.45) is 5.92 Å². The van der Waals surface area contributed by atoms with Crippen molar-refractivity contribution in [3.05, 3.63) is 35.1 Å². The van der Waals surface area contributed by atoms with E-state index in [2.05, 4.69) is 5.32 Å². The monoisotopic (exact) mass is 305 g/mol. The zero-order chi connectivity index (χ0) is 16.3. The van der Waals surface area contributed by atoms with Gasteiger partial charge in [-0.05, 0) is 37.6 Å². The van der Waals surface area contributed by atoms with Gasteiger partial charge in [-0.2, -0.15) is 0 Å². The molecule has 0 amide bonds. The molecule has 5 nitrogen and oxygen atoms in total. The number of benzene rings is 1. The number of ketones is 1. The Labute approximate surface area is 130 Å². The minimum Gasteiger partial charge on any atom is -0.504 e. The molecule has 0 radical (unpaired) electrons. The standard InChI is InChI=1S/C17H23NO4/c1-10(19)16(22-4)9-12-7-13-11(8-14(12)18-2)5-6-15(21-3)17(13)20/h5-6,9,12,14,18,20H,7-8H2,1-4H3/b16-9+. The van der Waals surface area contributed by atoms with Crippen molar-refractivity contribution in [2.75, 3.05) is 21.3 Å². The molecule has 0 aliphatic heterocycles. The third kappa shape index (κ3) is 3.09. The summed E-state index contributed by atoms with van der Waals surface area (Å²) in [7, 11) is 4.94. The predicted octanol–water partition coefficient (Wildman–Crippen LogP) is 1.82. The second-order valence-electron chi connectivity index (χ2n) is 5.51. The molecule has 22 heavy (non-hydrogen) atoms. The van der Waals surface area contributed by atoms with Gasteiger partial charge in [0.1, 0.15) is 0 Å². The van der Waals surface area contributed by atoms with Crippen molar-refractivity contribution in [1.29, 1.82) is 0 Å². The van der Waals surface area contributed by atoms with Gasteiger partial charge in [-0.15, -0.1) is 0 Å². The van der Waals surface area contributed by atoms with Crippen molar-refractivity contribution >= 4 is 5.78 Å². The van der Waals surface area contributed by atoms with Crippen LogP contribution in [0.3, 0.4) is 0 Å². The lowest BCUT2D eigenvalue weighted by Crippen LogP contribution is -2.39. The third-order valence-corrected chi connectivity index (χ3v) is 4.26. The molecule has 0 aromatic heterocycles. The van der Waals surface area contributed by atoms with Crippen LogP contribution in [-0.4, -0.2) is 38.2 Å². The molecule has 0 saturated carbocycles. The Morgan fingerprint density at radius 1 is 1.36 bits per heavy atom. The van der Waals surface area contributed by atoms with Crippen LogP contribution in [0.15, 0.2) is 24.0 Å². The molecule has 0 bridgehead atoms. The maximum atomic E-state index is 11.6. The van der Waals surface area contributed by atoms with Gasteiger partial charge in [0.25, 0.3) is 0 Å². The van der Waals surface area contributed by atoms with E-state index in [1.165, 1.54) is 21.1 Å². The van der Waals surface area contributed by atoms with Crippen molar-refractivity contribution in [1.82, 2.24) is 5.32 Å². The lowest BCUT2D eigenvalue weighted by molar-refractivity contribution is -0.116. The first-order chi connectivity index (χ1) is 10.5. The topological polar surface area (TPSA) is 67.8 Å². The average molecular weight is 305 g/mol. The van der Waals surface area contributed by atoms with Gasteiger partial charge in [0.2, 0.25) is 0 Å². The van der Waals surface area contributed by atoms with Gasteiger partial charge in [0.05, 0.1) is 14.2 Å². The number of nitrogens with one attached hydrogen (secondary N) is 1. The number of rotatable bonds is 5. The Morgan fingerprint density at radius 3 is 2.64 bits per heavy atom. The summed E-state index contributed by atoms with van der Waals surface area (Å²) in [5.74, 6) is 0.987. The van der Waals surface area contributed by atoms with Gasteiger partial charge in [-0.1, -0.05) is 6.07 Å². The predicted molar refractivity (Wildman–Crippen MR) is 84.2 cm³/mol. The van der Waals surface area contributed by atoms with Crippen LogP contribution in [0.5, 0.6) is 11.5 Å². The summed E-state index contributed by atoms with van der Waals surface area (Å²) in [5, 5.41) is 13.6. The first-order valence-corrected chi connectivity index (χ1v) is 7.33. The number of hydrogen-bond donors (Lipinski definition) is 2. The fraction of sp³-hybridized carbons (Fsp3) is 0.471. The molecule has 1 aliphatic carbocycles. The number of fused-ring (bicyclic) bond motifs is 1. The molecule has 5 heteroatoms. The van der Waals surface area contributed by atoms with Crippen LogP contribution >= 0.6 is 0 Å². The normalized spacial score (nSPS) is 21.2. The zero-order valence-corrected chi connectivity index (χ0v) is 13.5. The van der Waals surface area contributed by atoms with E-state index in [1.54, 1.807) is 6.07 Å². The van der Waals surface area contributed by atoms with Crippen LogP contribution in [0.25, 0.3) is 0 Å². The molecule has 1 aliphatic rings. The summed E-state index contributed by atoms with van der Waals surface area (Å²) in [6.45, 7) is 1.49. The van der Waals surface area contributed by atoms with Crippen molar-refractivity contribution in [2.45, 2.75) is 25.8 Å². The Morgan fingerprint density at radius 2 is 2.09 bits per heavy atom. The van der Waals surface area contributed by atoms with Gasteiger partial charge in [0.15, 0.2) is 23.0 Å². The van der Waals surface area contributed by atoms with Crippen molar-refractivity contribution < 1.29 is 19.4 Å². The quantitative estimate of drug-likeness (QED) is 0.641. The van der Waals surface area contributed by atoms with Gasteiger partial charge in [-0.3, -0.25) is 4.79 Å². The Bertz CT molecular complexity index is 595. The number of Topliss-reactive ketones (excluding diaryl/α,β-unsaturated/α-hetero) is 1. The summed E-state index contributed by atoms with van der Waals surface area (Å²) in [4.78, 5) is 11.6. The Hall–Kier alpha value is -2.01. The highest BCUT2D eigenvalue weighted by molar-refractivity contribution is 5.91. The second-order valence-corrected chi connectivity index (χ2v) is 5.51. The zero-order valence-electron chi connectivity index (χ0n) is 13.5. The Kier molecular flexibility index (Phi) is 5.08. The lowest BCUT2D eigenvalue weighted by Gasteiger charge is -2.32. The van der Waals surface area contributed by atoms with E-state index in [4.69, 9.17) is 9.47 Å². The molecule has 1 aromatic carbocycles. The number of methoxy groups -OCH3 is 2. The Balaban J connectivity index is 2.40. The largest absolute Gasteiger partial charge is 0.504 e. The smallest absolute Gasteiger partial charge is 0.193 e. The van der Waals surface area contributed by atoms with Gasteiger partial charge < -0.3 is 19.9 Å². The maximum absolute atomic E-state index is 11.6. The second kappa shape index (κ2) is 6.83. The summed E-state index contributed by atoms with van der Waals surface area (Å²) in [6.07, 6.45) is 3.26. The number of carbonyl (C=O) groups excluding carboxylic acids is 1. The number of ether oxygens (including phenoxy) is 2. The van der Waals surface area contributed by atoms with Crippen LogP contribution in [0.2, 0.25) is 0 Å². The van der Waals surface area contributed by atoms with E-state index < -0.39 is 0 Å². The van der Waals surface area contributed by atoms with E-state index in [9.17, 15) is 9.90 Å². The van der Waals surface area contributed by atoms with Crippen LogP contribution in [-0.2, 0) is 22.4 Å². The van der Waals surface area contributed by atoms with E-state index in [0.717, 1.165) is 17.5 Å². The fourth-order valence-electron chi connectivity index (χ4n) is 3.02. The molecule has 2 atom stereocenters. The lowest BCUT2D eigenvalue weighted by atomic mass is 9.79. The number of carbonyl (C=O) groups is 1. The van der Waals surface area contributed by atoms with Gasteiger partial charge >= 0.3 is 0 Å². The van der Waals surface area contributed by atoms with E-state index in [-0.39, 0.29) is 23.5 Å². The number of allylic oxidation sites excluding steroid dienone is 1. The number of phenolic OH excluding ortho intramolecular Hbond substituents is 1. The van der Waals surface area contributed by atoms with E-state index in [0.29, 0.717) is 17.9 Å². The number of likely N-dealkylation sites (N-methyl/N-ethyl adjacent to an activating group) is 1. The van der Waals surface area contributed by atoms with Crippen molar-refractivity contribution in [3.8, 4) is 11.5 Å². The molecule has 0 spiro atoms. The molecule has 120 valence electrons. The molecule has 0 heterocycles. The van der Waals surface area contributed by atoms with E-state index >= 15 is 0 Å². The SMILES string of the molecule is CNC1Cc2ccc(OC)c(O)c2CC1/C=C(/OC)C(C)=O. The van der Waals surface area contributed by atoms with Crippen LogP contribution in [0, 0.1) is 5.92 Å². The highest BCUT2D eigenvalue weighted by Crippen LogP contribution is 2.38. The highest BCUT2D eigenvalue weighted by atomic mass is 16.5. The summed E-state index contributed by atoms with van der Waals surface area (Å²) in [5.41, 5.74) is 1.98. The molecular formula is C17H23NO4. The molecular weight excluding hydrogens is 282 g/mol. The molecule has 2 rings (SSSR count). The van der Waals surface area contributed by atoms with Gasteiger partial charge in [0, 0.05) is 24.4 Å². The fourth-order valence-corrected chi connectivity index (χ4v) is 3.02. The molecule has 0 fully saturated rings. The third-order valence-electron chi connectivity index (χ3n) is 4.26. The van der Waals surface area contributed by atoms with Gasteiger partial charge in [-0.25, -0.2) is 0 Å². The average Bonchev–Trinajstić information content (AvgIpc) is 2.52. The summed E-state index contributed by atoms with van der Waals surface area (Å²) in [6, 6.07) is 3.96. The first-order valence-electron chi connectivity index (χ1n) is 7.33. The maximum Gasteiger partial charge on any atom is 0.193 e. The highest BCUT2D eigenvalue weighted by Gasteiger charge is 2.30. The minimum atomic E-state index is -0.0991. The van der Waals surface area contributed by atoms with Crippen molar-refractivity contribution in [3.63, 3.8) is 0 Å². The van der Waals surface area contributed by atoms with E-state index in [1.807, 2.05) is 19.2 Å². The molecule has 1 aromatic rings. The number of aromatic hydroxyl groups is 1. The molecule has 0 saturated heterocycles. The van der Waals surface area contributed by atoms with Crippen LogP contribution < -0.4 is 10.1 Å². The number of phenols is 1. The number of hydrogen-bond acceptors (Lipinski definition) is 5. The molecule has 2 N–H and O–H groups in total. The first kappa shape index (κ1) is 16.4. The van der Waals surface area contributed by atoms with Crippen LogP contribution in [0.4, 0.5) is 0 Å².